The molecule has 6 atom stereocenters. The summed E-state index contributed by atoms with van der Waals surface area (Å²) in [5, 5.41) is 45.8. The van der Waals surface area contributed by atoms with Crippen LogP contribution in [0.2, 0.25) is 0 Å². The second-order valence-corrected chi connectivity index (χ2v) is 5.93. The van der Waals surface area contributed by atoms with E-state index in [1.807, 2.05) is 0 Å². The Hall–Kier alpha value is -3.01. The first-order chi connectivity index (χ1) is 13.6. The first kappa shape index (κ1) is 25.0. The Morgan fingerprint density at radius 1 is 0.933 bits per heavy atom. The zero-order chi connectivity index (χ0) is 23.5. The molecular formula is C14H19N3O13. The van der Waals surface area contributed by atoms with E-state index in [4.69, 9.17) is 10.3 Å². The summed E-state index contributed by atoms with van der Waals surface area (Å²) in [5.41, 5.74) is 8.72. The van der Waals surface area contributed by atoms with Crippen molar-refractivity contribution in [1.82, 2.24) is 0 Å². The fourth-order valence-electron chi connectivity index (χ4n) is 2.62. The molecule has 0 aromatic rings. The Morgan fingerprint density at radius 3 is 1.80 bits per heavy atom. The SMILES string of the molecule is CC(=O)OC(O)[C@H]1O[C@@H](N=[N+]=[N-])[C@](O)(OC(C)=O)[C@](O)(OC(C)=O)[C@@]1(O)OC(C)=O. The molecule has 1 unspecified atom stereocenters. The summed E-state index contributed by atoms with van der Waals surface area (Å²) in [4.78, 5) is 48.1. The van der Waals surface area contributed by atoms with E-state index in [0.29, 0.717) is 20.8 Å². The molecule has 0 spiro atoms. The van der Waals surface area contributed by atoms with Gasteiger partial charge in [0.15, 0.2) is 6.10 Å². The molecule has 0 bridgehead atoms. The van der Waals surface area contributed by atoms with Crippen molar-refractivity contribution in [3.63, 3.8) is 0 Å². The number of hydrogen-bond acceptors (Lipinski definition) is 14. The zero-order valence-electron chi connectivity index (χ0n) is 16.0. The third kappa shape index (κ3) is 4.43. The number of aliphatic hydroxyl groups is 4. The van der Waals surface area contributed by atoms with Gasteiger partial charge in [-0.1, -0.05) is 5.11 Å². The third-order valence-corrected chi connectivity index (χ3v) is 3.56. The van der Waals surface area contributed by atoms with Gasteiger partial charge in [-0.3, -0.25) is 19.2 Å². The van der Waals surface area contributed by atoms with Crippen molar-refractivity contribution in [3.8, 4) is 0 Å². The van der Waals surface area contributed by atoms with E-state index in [9.17, 15) is 39.6 Å². The van der Waals surface area contributed by atoms with Gasteiger partial charge in [-0.05, 0) is 5.53 Å². The van der Waals surface area contributed by atoms with Crippen LogP contribution in [0.1, 0.15) is 27.7 Å². The molecule has 1 aliphatic rings. The molecule has 16 nitrogen and oxygen atoms in total. The van der Waals surface area contributed by atoms with E-state index >= 15 is 0 Å². The Morgan fingerprint density at radius 2 is 1.40 bits per heavy atom. The molecule has 168 valence electrons. The van der Waals surface area contributed by atoms with E-state index < -0.39 is 59.9 Å². The van der Waals surface area contributed by atoms with E-state index in [1.165, 1.54) is 0 Å². The van der Waals surface area contributed by atoms with Crippen LogP contribution in [0.25, 0.3) is 10.4 Å². The predicted molar refractivity (Wildman–Crippen MR) is 85.7 cm³/mol. The van der Waals surface area contributed by atoms with Crippen molar-refractivity contribution >= 4 is 23.9 Å². The highest BCUT2D eigenvalue weighted by Crippen LogP contribution is 2.48. The summed E-state index contributed by atoms with van der Waals surface area (Å²) in [6, 6.07) is 0. The van der Waals surface area contributed by atoms with Gasteiger partial charge in [0.2, 0.25) is 12.5 Å². The molecule has 1 heterocycles. The molecule has 0 aromatic heterocycles. The van der Waals surface area contributed by atoms with Crippen molar-refractivity contribution in [2.75, 3.05) is 0 Å². The lowest BCUT2D eigenvalue weighted by molar-refractivity contribution is -0.518. The highest BCUT2D eigenvalue weighted by atomic mass is 16.8. The standard InChI is InChI=1S/C14H19N3O13/c1-5(18)26-10(22)9-12(23,28-6(2)19)14(25,30-8(4)21)13(24,29-7(3)20)11(27-9)16-17-15/h9-11,22-25H,1-4H3/t9-,10?,11-,12+,13+,14-/m1/s1. The molecule has 0 aliphatic carbocycles. The van der Waals surface area contributed by atoms with E-state index in [0.717, 1.165) is 6.92 Å². The van der Waals surface area contributed by atoms with Gasteiger partial charge in [0.25, 0.3) is 0 Å². The topological polar surface area (TPSA) is 244 Å². The quantitative estimate of drug-likeness (QED) is 0.0850. The molecule has 0 radical (unpaired) electrons. The number of rotatable bonds is 6. The fourth-order valence-corrected chi connectivity index (χ4v) is 2.62. The lowest BCUT2D eigenvalue weighted by atomic mass is 9.86. The lowest BCUT2D eigenvalue weighted by Crippen LogP contribution is -2.84. The largest absolute Gasteiger partial charge is 0.433 e. The Bertz CT molecular complexity index is 783. The maximum absolute atomic E-state index is 11.6. The van der Waals surface area contributed by atoms with Gasteiger partial charge in [0.05, 0.1) is 0 Å². The van der Waals surface area contributed by atoms with E-state index in [-0.39, 0.29) is 0 Å². The summed E-state index contributed by atoms with van der Waals surface area (Å²) in [6.45, 7) is 2.86. The molecule has 1 saturated heterocycles. The van der Waals surface area contributed by atoms with Gasteiger partial charge < -0.3 is 44.1 Å². The summed E-state index contributed by atoms with van der Waals surface area (Å²) in [6.07, 6.45) is -7.67. The van der Waals surface area contributed by atoms with Crippen molar-refractivity contribution in [3.05, 3.63) is 10.4 Å². The van der Waals surface area contributed by atoms with Crippen LogP contribution in [0.4, 0.5) is 0 Å². The van der Waals surface area contributed by atoms with Crippen LogP contribution in [0.5, 0.6) is 0 Å². The Labute approximate surface area is 167 Å². The monoisotopic (exact) mass is 437 g/mol. The van der Waals surface area contributed by atoms with Crippen LogP contribution >= 0.6 is 0 Å². The molecule has 0 aromatic carbocycles. The van der Waals surface area contributed by atoms with Gasteiger partial charge in [-0.15, -0.1) is 0 Å². The van der Waals surface area contributed by atoms with Crippen molar-refractivity contribution in [1.29, 1.82) is 0 Å². The predicted octanol–water partition coefficient (Wildman–Crippen LogP) is -2.34. The number of hydrogen-bond donors (Lipinski definition) is 4. The minimum atomic E-state index is -3.98. The van der Waals surface area contributed by atoms with Gasteiger partial charge >= 0.3 is 41.2 Å². The van der Waals surface area contributed by atoms with Crippen LogP contribution in [0, 0.1) is 0 Å². The number of carbonyl (C=O) groups is 4. The average molecular weight is 437 g/mol. The van der Waals surface area contributed by atoms with E-state index in [1.54, 1.807) is 0 Å². The molecular weight excluding hydrogens is 418 g/mol. The number of carbonyl (C=O) groups excluding carboxylic acids is 4. The number of nitrogens with zero attached hydrogens (tertiary/aromatic N) is 3. The Balaban J connectivity index is 3.88. The number of ether oxygens (including phenoxy) is 5. The van der Waals surface area contributed by atoms with Crippen molar-refractivity contribution in [2.45, 2.75) is 63.7 Å². The third-order valence-electron chi connectivity index (χ3n) is 3.56. The molecule has 30 heavy (non-hydrogen) atoms. The maximum Gasteiger partial charge on any atom is 0.349 e. The highest BCUT2D eigenvalue weighted by Gasteiger charge is 2.81. The first-order valence-corrected chi connectivity index (χ1v) is 7.95. The second kappa shape index (κ2) is 8.78. The fraction of sp³-hybridized carbons (Fsp3) is 0.714. The normalized spacial score (nSPS) is 34.0. The number of esters is 4. The zero-order valence-corrected chi connectivity index (χ0v) is 16.0. The lowest BCUT2D eigenvalue weighted by Gasteiger charge is -2.55. The summed E-state index contributed by atoms with van der Waals surface area (Å²) in [7, 11) is 0. The first-order valence-electron chi connectivity index (χ1n) is 7.95. The van der Waals surface area contributed by atoms with Crippen molar-refractivity contribution < 1.29 is 63.3 Å². The van der Waals surface area contributed by atoms with Gasteiger partial charge in [-0.25, -0.2) is 0 Å². The number of azide groups is 1. The smallest absolute Gasteiger partial charge is 0.349 e. The number of aliphatic hydroxyl groups excluding tert-OH is 1. The Kier molecular flexibility index (Phi) is 7.33. The van der Waals surface area contributed by atoms with Crippen LogP contribution in [0.3, 0.4) is 0 Å². The minimum absolute atomic E-state index is 0.663. The average Bonchev–Trinajstić information content (AvgIpc) is 2.54. The van der Waals surface area contributed by atoms with Crippen LogP contribution in [-0.2, 0) is 42.9 Å². The molecule has 1 fully saturated rings. The van der Waals surface area contributed by atoms with Gasteiger partial charge in [-0.2, -0.15) is 0 Å². The molecule has 1 rings (SSSR count). The maximum atomic E-state index is 11.6. The summed E-state index contributed by atoms with van der Waals surface area (Å²) >= 11 is 0. The summed E-state index contributed by atoms with van der Waals surface area (Å²) in [5.74, 6) is -16.9. The second-order valence-electron chi connectivity index (χ2n) is 5.93. The molecule has 0 saturated carbocycles. The minimum Gasteiger partial charge on any atom is -0.433 e. The molecule has 16 heteroatoms. The van der Waals surface area contributed by atoms with E-state index in [2.05, 4.69) is 29.0 Å². The van der Waals surface area contributed by atoms with Crippen LogP contribution in [0.15, 0.2) is 5.11 Å². The van der Waals surface area contributed by atoms with Gasteiger partial charge in [0, 0.05) is 32.6 Å². The molecule has 0 amide bonds. The van der Waals surface area contributed by atoms with Crippen LogP contribution in [-0.4, -0.2) is 80.3 Å². The molecule has 4 N–H and O–H groups in total. The molecule has 1 aliphatic heterocycles. The highest BCUT2D eigenvalue weighted by molar-refractivity contribution is 5.69. The summed E-state index contributed by atoms with van der Waals surface area (Å²) < 4.78 is 22.9. The van der Waals surface area contributed by atoms with Gasteiger partial charge in [0.1, 0.15) is 0 Å². The van der Waals surface area contributed by atoms with Crippen LogP contribution < -0.4 is 0 Å². The van der Waals surface area contributed by atoms with Crippen molar-refractivity contribution in [2.24, 2.45) is 5.11 Å².